The molecule has 0 aromatic carbocycles. The minimum atomic E-state index is -0.0607. The van der Waals surface area contributed by atoms with Crippen molar-refractivity contribution in [1.29, 1.82) is 0 Å². The molecule has 0 saturated heterocycles. The fourth-order valence-electron chi connectivity index (χ4n) is 3.08. The van der Waals surface area contributed by atoms with Crippen molar-refractivity contribution in [3.8, 4) is 0 Å². The number of esters is 1. The Morgan fingerprint density at radius 3 is 2.27 bits per heavy atom. The second kappa shape index (κ2) is 5.17. The molecule has 0 spiro atoms. The van der Waals surface area contributed by atoms with Crippen LogP contribution in [0.15, 0.2) is 0 Å². The highest BCUT2D eigenvalue weighted by molar-refractivity contribution is 5.85. The Morgan fingerprint density at radius 1 is 1.27 bits per heavy atom. The molecule has 15 heavy (non-hydrogen) atoms. The number of carbonyl (C=O) groups is 1. The maximum atomic E-state index is 11.7. The number of hydrogen-bond donors (Lipinski definition) is 1. The molecular weight excluding hydrogens is 214 g/mol. The lowest BCUT2D eigenvalue weighted by Gasteiger charge is -2.45. The van der Waals surface area contributed by atoms with Gasteiger partial charge in [0.05, 0.1) is 12.5 Å². The molecule has 0 aliphatic heterocycles. The SMILES string of the molecule is CCOC(=O)C1C2CCC(CC2)C1N.Cl. The molecule has 3 nitrogen and oxygen atoms in total. The van der Waals surface area contributed by atoms with E-state index in [9.17, 15) is 4.79 Å². The van der Waals surface area contributed by atoms with Crippen LogP contribution in [0.5, 0.6) is 0 Å². The summed E-state index contributed by atoms with van der Waals surface area (Å²) in [6, 6.07) is 0.0570. The third kappa shape index (κ3) is 2.28. The van der Waals surface area contributed by atoms with Crippen molar-refractivity contribution in [2.45, 2.75) is 38.6 Å². The van der Waals surface area contributed by atoms with Gasteiger partial charge in [-0.15, -0.1) is 12.4 Å². The zero-order valence-electron chi connectivity index (χ0n) is 9.15. The molecule has 0 aromatic heterocycles. The third-order valence-corrected chi connectivity index (χ3v) is 3.84. The zero-order chi connectivity index (χ0) is 10.1. The molecular formula is C11H20ClNO2. The average Bonchev–Trinajstić information content (AvgIpc) is 2.19. The number of rotatable bonds is 2. The van der Waals surface area contributed by atoms with Gasteiger partial charge in [0.1, 0.15) is 0 Å². The Hall–Kier alpha value is -0.280. The van der Waals surface area contributed by atoms with Crippen LogP contribution in [0.1, 0.15) is 32.6 Å². The highest BCUT2D eigenvalue weighted by Crippen LogP contribution is 2.44. The van der Waals surface area contributed by atoms with Crippen LogP contribution in [-0.2, 0) is 9.53 Å². The first kappa shape index (κ1) is 12.8. The first-order valence-corrected chi connectivity index (χ1v) is 5.66. The molecule has 2 bridgehead atoms. The molecule has 3 aliphatic rings. The van der Waals surface area contributed by atoms with Crippen LogP contribution in [0.4, 0.5) is 0 Å². The summed E-state index contributed by atoms with van der Waals surface area (Å²) in [5, 5.41) is 0. The van der Waals surface area contributed by atoms with E-state index in [2.05, 4.69) is 0 Å². The van der Waals surface area contributed by atoms with Crippen LogP contribution >= 0.6 is 12.4 Å². The highest BCUT2D eigenvalue weighted by Gasteiger charge is 2.45. The summed E-state index contributed by atoms with van der Waals surface area (Å²) in [6.45, 7) is 2.32. The van der Waals surface area contributed by atoms with Gasteiger partial charge in [0.2, 0.25) is 0 Å². The summed E-state index contributed by atoms with van der Waals surface area (Å²) in [6.07, 6.45) is 4.76. The molecule has 2 atom stereocenters. The van der Waals surface area contributed by atoms with Crippen LogP contribution in [0.3, 0.4) is 0 Å². The third-order valence-electron chi connectivity index (χ3n) is 3.84. The van der Waals surface area contributed by atoms with Gasteiger partial charge in [-0.25, -0.2) is 0 Å². The maximum Gasteiger partial charge on any atom is 0.310 e. The fraction of sp³-hybridized carbons (Fsp3) is 0.909. The van der Waals surface area contributed by atoms with E-state index in [1.54, 1.807) is 0 Å². The molecule has 4 heteroatoms. The molecule has 3 saturated carbocycles. The van der Waals surface area contributed by atoms with E-state index >= 15 is 0 Å². The molecule has 0 aromatic rings. The first-order valence-electron chi connectivity index (χ1n) is 5.66. The number of carbonyl (C=O) groups excluding carboxylic acids is 1. The highest BCUT2D eigenvalue weighted by atomic mass is 35.5. The largest absolute Gasteiger partial charge is 0.466 e. The Morgan fingerprint density at radius 2 is 1.80 bits per heavy atom. The van der Waals surface area contributed by atoms with E-state index in [-0.39, 0.29) is 30.3 Å². The van der Waals surface area contributed by atoms with Gasteiger partial charge >= 0.3 is 5.97 Å². The monoisotopic (exact) mass is 233 g/mol. The van der Waals surface area contributed by atoms with Crippen molar-refractivity contribution in [2.24, 2.45) is 23.5 Å². The summed E-state index contributed by atoms with van der Waals surface area (Å²) in [5.74, 6) is 0.986. The fourth-order valence-corrected chi connectivity index (χ4v) is 3.08. The van der Waals surface area contributed by atoms with Crippen molar-refractivity contribution in [3.05, 3.63) is 0 Å². The molecule has 2 unspecified atom stereocenters. The molecule has 3 rings (SSSR count). The summed E-state index contributed by atoms with van der Waals surface area (Å²) in [4.78, 5) is 11.7. The van der Waals surface area contributed by atoms with Crippen molar-refractivity contribution in [1.82, 2.24) is 0 Å². The van der Waals surface area contributed by atoms with Crippen LogP contribution in [-0.4, -0.2) is 18.6 Å². The van der Waals surface area contributed by atoms with E-state index < -0.39 is 0 Å². The molecule has 0 heterocycles. The quantitative estimate of drug-likeness (QED) is 0.740. The number of ether oxygens (including phenoxy) is 1. The normalized spacial score (nSPS) is 38.3. The van der Waals surface area contributed by atoms with Crippen molar-refractivity contribution >= 4 is 18.4 Å². The summed E-state index contributed by atoms with van der Waals surface area (Å²) in [5.41, 5.74) is 6.09. The number of nitrogens with two attached hydrogens (primary N) is 1. The zero-order valence-corrected chi connectivity index (χ0v) is 9.96. The smallest absolute Gasteiger partial charge is 0.310 e. The lowest BCUT2D eigenvalue weighted by Crippen LogP contribution is -2.52. The van der Waals surface area contributed by atoms with Crippen LogP contribution < -0.4 is 5.73 Å². The van der Waals surface area contributed by atoms with E-state index in [0.29, 0.717) is 18.4 Å². The van der Waals surface area contributed by atoms with Gasteiger partial charge in [0, 0.05) is 6.04 Å². The van der Waals surface area contributed by atoms with Crippen LogP contribution in [0.25, 0.3) is 0 Å². The topological polar surface area (TPSA) is 52.3 Å². The maximum absolute atomic E-state index is 11.7. The summed E-state index contributed by atoms with van der Waals surface area (Å²) in [7, 11) is 0. The molecule has 0 radical (unpaired) electrons. The number of hydrogen-bond acceptors (Lipinski definition) is 3. The van der Waals surface area contributed by atoms with Gasteiger partial charge in [-0.3, -0.25) is 4.79 Å². The Bertz CT molecular complexity index is 225. The predicted octanol–water partition coefficient (Wildman–Crippen LogP) is 1.73. The molecule has 88 valence electrons. The molecule has 3 aliphatic carbocycles. The van der Waals surface area contributed by atoms with E-state index in [4.69, 9.17) is 10.5 Å². The van der Waals surface area contributed by atoms with Gasteiger partial charge in [0.15, 0.2) is 0 Å². The minimum Gasteiger partial charge on any atom is -0.466 e. The van der Waals surface area contributed by atoms with E-state index in [0.717, 1.165) is 0 Å². The van der Waals surface area contributed by atoms with Crippen molar-refractivity contribution in [2.75, 3.05) is 6.61 Å². The molecule has 3 fully saturated rings. The average molecular weight is 234 g/mol. The minimum absolute atomic E-state index is 0. The van der Waals surface area contributed by atoms with Crippen molar-refractivity contribution < 1.29 is 9.53 Å². The van der Waals surface area contributed by atoms with E-state index in [1.165, 1.54) is 25.7 Å². The van der Waals surface area contributed by atoms with Gasteiger partial charge in [-0.2, -0.15) is 0 Å². The summed E-state index contributed by atoms with van der Waals surface area (Å²) < 4.78 is 5.09. The lowest BCUT2D eigenvalue weighted by molar-refractivity contribution is -0.155. The number of halogens is 1. The molecule has 0 amide bonds. The Kier molecular flexibility index (Phi) is 4.41. The first-order chi connectivity index (χ1) is 6.74. The lowest BCUT2D eigenvalue weighted by atomic mass is 9.62. The van der Waals surface area contributed by atoms with Crippen molar-refractivity contribution in [3.63, 3.8) is 0 Å². The Labute approximate surface area is 97.1 Å². The second-order valence-electron chi connectivity index (χ2n) is 4.53. The van der Waals surface area contributed by atoms with Gasteiger partial charge in [-0.05, 0) is 44.4 Å². The van der Waals surface area contributed by atoms with E-state index in [1.807, 2.05) is 6.92 Å². The van der Waals surface area contributed by atoms with Crippen LogP contribution in [0, 0.1) is 17.8 Å². The van der Waals surface area contributed by atoms with Gasteiger partial charge in [0.25, 0.3) is 0 Å². The summed E-state index contributed by atoms with van der Waals surface area (Å²) >= 11 is 0. The van der Waals surface area contributed by atoms with Gasteiger partial charge < -0.3 is 10.5 Å². The van der Waals surface area contributed by atoms with Crippen LogP contribution in [0.2, 0.25) is 0 Å². The standard InChI is InChI=1S/C11H19NO2.ClH/c1-2-14-11(13)9-7-3-5-8(6-4-7)10(9)12;/h7-10H,2-6,12H2,1H3;1H. The predicted molar refractivity (Wildman–Crippen MR) is 60.8 cm³/mol. The number of fused-ring (bicyclic) bond motifs is 3. The Balaban J connectivity index is 0.00000112. The second-order valence-corrected chi connectivity index (χ2v) is 4.53. The molecule has 2 N–H and O–H groups in total. The van der Waals surface area contributed by atoms with Gasteiger partial charge in [-0.1, -0.05) is 0 Å².